The maximum absolute atomic E-state index is 13.1. The highest BCUT2D eigenvalue weighted by atomic mass is 16.5. The van der Waals surface area contributed by atoms with Crippen LogP contribution < -0.4 is 4.74 Å². The number of likely N-dealkylation sites (N-methyl/N-ethyl adjacent to an activating group) is 1. The van der Waals surface area contributed by atoms with Crippen LogP contribution in [0.5, 0.6) is 5.75 Å². The predicted octanol–water partition coefficient (Wildman–Crippen LogP) is 2.49. The quantitative estimate of drug-likeness (QED) is 0.753. The van der Waals surface area contributed by atoms with E-state index in [4.69, 9.17) is 4.74 Å². The Morgan fingerprint density at radius 3 is 2.46 bits per heavy atom. The van der Waals surface area contributed by atoms with E-state index in [-0.39, 0.29) is 17.9 Å². The van der Waals surface area contributed by atoms with Gasteiger partial charge in [-0.05, 0) is 43.9 Å². The van der Waals surface area contributed by atoms with Gasteiger partial charge in [-0.2, -0.15) is 0 Å². The molecule has 1 saturated heterocycles. The molecule has 2 amide bonds. The van der Waals surface area contributed by atoms with Crippen molar-refractivity contribution in [1.82, 2.24) is 14.7 Å². The predicted molar refractivity (Wildman–Crippen MR) is 110 cm³/mol. The number of rotatable bonds is 6. The standard InChI is InChI=1S/C22H33N3O3/c1-4-23(2)22(27)20(17-8-5-6-9-17)24-12-14-25(15-13-24)21(26)18-10-7-11-19(16-18)28-3/h7,10-11,16-17,20H,4-6,8-9,12-15H2,1-3H3. The number of carbonyl (C=O) groups excluding carboxylic acids is 2. The fraction of sp³-hybridized carbons (Fsp3) is 0.636. The lowest BCUT2D eigenvalue weighted by Crippen LogP contribution is -2.58. The lowest BCUT2D eigenvalue weighted by atomic mass is 9.94. The van der Waals surface area contributed by atoms with Crippen LogP contribution in [0.2, 0.25) is 0 Å². The van der Waals surface area contributed by atoms with Gasteiger partial charge in [0.2, 0.25) is 5.91 Å². The van der Waals surface area contributed by atoms with Gasteiger partial charge < -0.3 is 14.5 Å². The van der Waals surface area contributed by atoms with Gasteiger partial charge in [0.15, 0.2) is 0 Å². The van der Waals surface area contributed by atoms with Crippen LogP contribution >= 0.6 is 0 Å². The smallest absolute Gasteiger partial charge is 0.254 e. The van der Waals surface area contributed by atoms with E-state index in [9.17, 15) is 9.59 Å². The maximum Gasteiger partial charge on any atom is 0.254 e. The van der Waals surface area contributed by atoms with Crippen LogP contribution in [0.25, 0.3) is 0 Å². The van der Waals surface area contributed by atoms with Crippen molar-refractivity contribution in [3.63, 3.8) is 0 Å². The Morgan fingerprint density at radius 2 is 1.86 bits per heavy atom. The highest BCUT2D eigenvalue weighted by molar-refractivity contribution is 5.94. The van der Waals surface area contributed by atoms with Crippen molar-refractivity contribution in [2.75, 3.05) is 46.9 Å². The number of hydrogen-bond donors (Lipinski definition) is 0. The molecule has 0 radical (unpaired) electrons. The van der Waals surface area contributed by atoms with E-state index in [1.807, 2.05) is 42.0 Å². The van der Waals surface area contributed by atoms with Crippen molar-refractivity contribution in [3.8, 4) is 5.75 Å². The molecule has 1 unspecified atom stereocenters. The van der Waals surface area contributed by atoms with Crippen LogP contribution in [0, 0.1) is 5.92 Å². The Hall–Kier alpha value is -2.08. The Morgan fingerprint density at radius 1 is 1.18 bits per heavy atom. The van der Waals surface area contributed by atoms with Crippen LogP contribution in [0.3, 0.4) is 0 Å². The van der Waals surface area contributed by atoms with E-state index < -0.39 is 0 Å². The Labute approximate surface area is 168 Å². The van der Waals surface area contributed by atoms with E-state index in [0.29, 0.717) is 30.3 Å². The third kappa shape index (κ3) is 4.49. The molecule has 1 aromatic carbocycles. The highest BCUT2D eigenvalue weighted by Gasteiger charge is 2.38. The summed E-state index contributed by atoms with van der Waals surface area (Å²) in [7, 11) is 3.50. The number of benzene rings is 1. The minimum absolute atomic E-state index is 0.0352. The van der Waals surface area contributed by atoms with Crippen molar-refractivity contribution < 1.29 is 14.3 Å². The zero-order valence-electron chi connectivity index (χ0n) is 17.4. The molecule has 154 valence electrons. The lowest BCUT2D eigenvalue weighted by Gasteiger charge is -2.42. The summed E-state index contributed by atoms with van der Waals surface area (Å²) in [6, 6.07) is 7.27. The second-order valence-corrected chi connectivity index (χ2v) is 7.90. The minimum atomic E-state index is -0.0403. The van der Waals surface area contributed by atoms with E-state index in [2.05, 4.69) is 4.90 Å². The first kappa shape index (κ1) is 20.6. The molecule has 0 N–H and O–H groups in total. The topological polar surface area (TPSA) is 53.1 Å². The molecular weight excluding hydrogens is 354 g/mol. The largest absolute Gasteiger partial charge is 0.497 e. The fourth-order valence-electron chi connectivity index (χ4n) is 4.45. The summed E-state index contributed by atoms with van der Waals surface area (Å²) in [5.41, 5.74) is 0.655. The summed E-state index contributed by atoms with van der Waals surface area (Å²) in [6.07, 6.45) is 4.71. The number of methoxy groups -OCH3 is 1. The Bertz CT molecular complexity index is 679. The van der Waals surface area contributed by atoms with Gasteiger partial charge in [0.05, 0.1) is 13.2 Å². The van der Waals surface area contributed by atoms with Crippen molar-refractivity contribution in [3.05, 3.63) is 29.8 Å². The number of ether oxygens (including phenoxy) is 1. The number of piperazine rings is 1. The number of hydrogen-bond acceptors (Lipinski definition) is 4. The van der Waals surface area contributed by atoms with Gasteiger partial charge in [0.25, 0.3) is 5.91 Å². The first-order chi connectivity index (χ1) is 13.5. The summed E-state index contributed by atoms with van der Waals surface area (Å²) in [4.78, 5) is 32.0. The first-order valence-electron chi connectivity index (χ1n) is 10.5. The third-order valence-corrected chi connectivity index (χ3v) is 6.26. The highest BCUT2D eigenvalue weighted by Crippen LogP contribution is 2.32. The summed E-state index contributed by atoms with van der Waals surface area (Å²) in [5.74, 6) is 1.41. The molecule has 1 saturated carbocycles. The van der Waals surface area contributed by atoms with Gasteiger partial charge in [0, 0.05) is 45.3 Å². The molecule has 6 heteroatoms. The lowest BCUT2D eigenvalue weighted by molar-refractivity contribution is -0.138. The van der Waals surface area contributed by atoms with Gasteiger partial charge in [-0.25, -0.2) is 0 Å². The third-order valence-electron chi connectivity index (χ3n) is 6.26. The molecular formula is C22H33N3O3. The van der Waals surface area contributed by atoms with E-state index >= 15 is 0 Å². The zero-order chi connectivity index (χ0) is 20.1. The van der Waals surface area contributed by atoms with Gasteiger partial charge in [0.1, 0.15) is 5.75 Å². The summed E-state index contributed by atoms with van der Waals surface area (Å²) in [6.45, 7) is 5.57. The minimum Gasteiger partial charge on any atom is -0.497 e. The average molecular weight is 388 g/mol. The van der Waals surface area contributed by atoms with Crippen molar-refractivity contribution in [1.29, 1.82) is 0 Å². The van der Waals surface area contributed by atoms with Crippen LogP contribution in [-0.2, 0) is 4.79 Å². The van der Waals surface area contributed by atoms with Crippen molar-refractivity contribution in [2.24, 2.45) is 5.92 Å². The van der Waals surface area contributed by atoms with Gasteiger partial charge in [-0.3, -0.25) is 14.5 Å². The molecule has 2 fully saturated rings. The molecule has 0 aromatic heterocycles. The average Bonchev–Trinajstić information content (AvgIpc) is 3.27. The van der Waals surface area contributed by atoms with E-state index in [1.165, 1.54) is 12.8 Å². The molecule has 1 aromatic rings. The molecule has 1 aliphatic carbocycles. The van der Waals surface area contributed by atoms with E-state index in [1.54, 1.807) is 13.2 Å². The molecule has 6 nitrogen and oxygen atoms in total. The van der Waals surface area contributed by atoms with Gasteiger partial charge in [-0.1, -0.05) is 18.9 Å². The maximum atomic E-state index is 13.1. The number of carbonyl (C=O) groups is 2. The van der Waals surface area contributed by atoms with Gasteiger partial charge in [-0.15, -0.1) is 0 Å². The molecule has 0 bridgehead atoms. The molecule has 1 atom stereocenters. The Kier molecular flexibility index (Phi) is 6.94. The molecule has 1 heterocycles. The Balaban J connectivity index is 1.66. The van der Waals surface area contributed by atoms with Gasteiger partial charge >= 0.3 is 0 Å². The van der Waals surface area contributed by atoms with E-state index in [0.717, 1.165) is 32.5 Å². The summed E-state index contributed by atoms with van der Waals surface area (Å²) in [5, 5.41) is 0. The van der Waals surface area contributed by atoms with Crippen LogP contribution in [0.4, 0.5) is 0 Å². The molecule has 0 spiro atoms. The van der Waals surface area contributed by atoms with Crippen molar-refractivity contribution in [2.45, 2.75) is 38.6 Å². The summed E-state index contributed by atoms with van der Waals surface area (Å²) >= 11 is 0. The van der Waals surface area contributed by atoms with Crippen LogP contribution in [0.15, 0.2) is 24.3 Å². The summed E-state index contributed by atoms with van der Waals surface area (Å²) < 4.78 is 5.24. The molecule has 28 heavy (non-hydrogen) atoms. The monoisotopic (exact) mass is 387 g/mol. The van der Waals surface area contributed by atoms with Crippen LogP contribution in [-0.4, -0.2) is 79.4 Å². The zero-order valence-corrected chi connectivity index (χ0v) is 17.4. The fourth-order valence-corrected chi connectivity index (χ4v) is 4.45. The SMILES string of the molecule is CCN(C)C(=O)C(C1CCCC1)N1CCN(C(=O)c2cccc(OC)c2)CC1. The normalized spacial score (nSPS) is 19.5. The first-order valence-corrected chi connectivity index (χ1v) is 10.5. The number of nitrogens with zero attached hydrogens (tertiary/aromatic N) is 3. The molecule has 2 aliphatic rings. The second kappa shape index (κ2) is 9.41. The molecule has 1 aliphatic heterocycles. The van der Waals surface area contributed by atoms with Crippen molar-refractivity contribution >= 4 is 11.8 Å². The second-order valence-electron chi connectivity index (χ2n) is 7.90. The molecule has 3 rings (SSSR count). The number of amides is 2. The van der Waals surface area contributed by atoms with Crippen LogP contribution in [0.1, 0.15) is 43.0 Å².